The topological polar surface area (TPSA) is 12.0 Å². The van der Waals surface area contributed by atoms with Crippen molar-refractivity contribution in [2.24, 2.45) is 5.41 Å². The first-order chi connectivity index (χ1) is 7.45. The molecule has 1 nitrogen and oxygen atoms in total. The standard InChI is InChI=1S/C14H25NS/c1-6-15-13(14(3,4)5)8-7-12-9-10-16-11(12)2/h9-10,13,15H,6-8H2,1-5H3. The van der Waals surface area contributed by atoms with Crippen LogP contribution in [-0.2, 0) is 6.42 Å². The maximum Gasteiger partial charge on any atom is 0.0119 e. The van der Waals surface area contributed by atoms with Crippen molar-refractivity contribution in [2.75, 3.05) is 6.54 Å². The summed E-state index contributed by atoms with van der Waals surface area (Å²) >= 11 is 1.86. The van der Waals surface area contributed by atoms with E-state index in [0.29, 0.717) is 11.5 Å². The van der Waals surface area contributed by atoms with E-state index in [1.807, 2.05) is 11.3 Å². The Bertz CT molecular complexity index is 309. The Morgan fingerprint density at radius 3 is 2.50 bits per heavy atom. The number of nitrogens with one attached hydrogen (secondary N) is 1. The highest BCUT2D eigenvalue weighted by molar-refractivity contribution is 7.10. The summed E-state index contributed by atoms with van der Waals surface area (Å²) in [4.78, 5) is 1.48. The molecule has 1 aromatic heterocycles. The fraction of sp³-hybridized carbons (Fsp3) is 0.714. The van der Waals surface area contributed by atoms with E-state index in [1.54, 1.807) is 0 Å². The molecule has 0 saturated heterocycles. The van der Waals surface area contributed by atoms with Gasteiger partial charge in [-0.3, -0.25) is 0 Å². The van der Waals surface area contributed by atoms with Gasteiger partial charge in [0.1, 0.15) is 0 Å². The second-order valence-corrected chi connectivity index (χ2v) is 6.64. The molecule has 1 unspecified atom stereocenters. The van der Waals surface area contributed by atoms with Crippen molar-refractivity contribution in [3.8, 4) is 0 Å². The molecule has 0 aliphatic carbocycles. The molecule has 0 bridgehead atoms. The van der Waals surface area contributed by atoms with Gasteiger partial charge in [0.25, 0.3) is 0 Å². The first kappa shape index (κ1) is 13.7. The molecule has 1 N–H and O–H groups in total. The van der Waals surface area contributed by atoms with Gasteiger partial charge in [0, 0.05) is 10.9 Å². The Labute approximate surface area is 104 Å². The molecule has 1 atom stereocenters. The van der Waals surface area contributed by atoms with Crippen LogP contribution in [0.5, 0.6) is 0 Å². The fourth-order valence-electron chi connectivity index (χ4n) is 2.06. The molecule has 0 aliphatic heterocycles. The van der Waals surface area contributed by atoms with Gasteiger partial charge in [0.2, 0.25) is 0 Å². The van der Waals surface area contributed by atoms with Gasteiger partial charge in [0.15, 0.2) is 0 Å². The highest BCUT2D eigenvalue weighted by Crippen LogP contribution is 2.25. The highest BCUT2D eigenvalue weighted by Gasteiger charge is 2.23. The Morgan fingerprint density at radius 1 is 1.38 bits per heavy atom. The Hall–Kier alpha value is -0.340. The first-order valence-electron chi connectivity index (χ1n) is 6.21. The molecule has 0 amide bonds. The molecule has 0 aromatic carbocycles. The van der Waals surface area contributed by atoms with E-state index in [9.17, 15) is 0 Å². The van der Waals surface area contributed by atoms with E-state index >= 15 is 0 Å². The number of aryl methyl sites for hydroxylation is 2. The van der Waals surface area contributed by atoms with Crippen molar-refractivity contribution in [1.29, 1.82) is 0 Å². The predicted octanol–water partition coefficient (Wildman–Crippen LogP) is 4.01. The monoisotopic (exact) mass is 239 g/mol. The van der Waals surface area contributed by atoms with Gasteiger partial charge in [-0.1, -0.05) is 27.7 Å². The summed E-state index contributed by atoms with van der Waals surface area (Å²) in [6.07, 6.45) is 2.43. The highest BCUT2D eigenvalue weighted by atomic mass is 32.1. The lowest BCUT2D eigenvalue weighted by Gasteiger charge is -2.31. The zero-order chi connectivity index (χ0) is 12.2. The van der Waals surface area contributed by atoms with Crippen molar-refractivity contribution in [1.82, 2.24) is 5.32 Å². The molecule has 2 heteroatoms. The molecule has 0 spiro atoms. The Kier molecular flexibility index (Phi) is 5.00. The molecule has 0 saturated carbocycles. The van der Waals surface area contributed by atoms with Crippen molar-refractivity contribution in [3.63, 3.8) is 0 Å². The molecule has 16 heavy (non-hydrogen) atoms. The van der Waals surface area contributed by atoms with Gasteiger partial charge in [-0.15, -0.1) is 11.3 Å². The van der Waals surface area contributed by atoms with Gasteiger partial charge in [-0.05, 0) is 48.7 Å². The molecule has 1 rings (SSSR count). The largest absolute Gasteiger partial charge is 0.314 e. The summed E-state index contributed by atoms with van der Waals surface area (Å²) in [7, 11) is 0. The maximum atomic E-state index is 3.61. The summed E-state index contributed by atoms with van der Waals surface area (Å²) in [5, 5.41) is 5.81. The Morgan fingerprint density at radius 2 is 2.06 bits per heavy atom. The van der Waals surface area contributed by atoms with Crippen LogP contribution in [0.2, 0.25) is 0 Å². The van der Waals surface area contributed by atoms with Crippen molar-refractivity contribution >= 4 is 11.3 Å². The van der Waals surface area contributed by atoms with Crippen LogP contribution in [0, 0.1) is 12.3 Å². The Balaban J connectivity index is 2.54. The molecule has 0 fully saturated rings. The first-order valence-corrected chi connectivity index (χ1v) is 7.09. The minimum Gasteiger partial charge on any atom is -0.314 e. The molecule has 92 valence electrons. The lowest BCUT2D eigenvalue weighted by atomic mass is 9.83. The minimum atomic E-state index is 0.347. The van der Waals surface area contributed by atoms with Crippen LogP contribution in [0.4, 0.5) is 0 Å². The smallest absolute Gasteiger partial charge is 0.0119 e. The number of thiophene rings is 1. The van der Waals surface area contributed by atoms with Gasteiger partial charge >= 0.3 is 0 Å². The molecule has 0 radical (unpaired) electrons. The minimum absolute atomic E-state index is 0.347. The summed E-state index contributed by atoms with van der Waals surface area (Å²) in [6, 6.07) is 2.88. The van der Waals surface area contributed by atoms with Crippen molar-refractivity contribution in [3.05, 3.63) is 21.9 Å². The molecule has 1 heterocycles. The zero-order valence-corrected chi connectivity index (χ0v) is 12.1. The van der Waals surface area contributed by atoms with E-state index in [0.717, 1.165) is 6.54 Å². The average Bonchev–Trinajstić information content (AvgIpc) is 2.57. The molecular weight excluding hydrogens is 214 g/mol. The van der Waals surface area contributed by atoms with E-state index in [2.05, 4.69) is 51.4 Å². The molecular formula is C14H25NS. The van der Waals surface area contributed by atoms with Crippen LogP contribution in [0.1, 0.15) is 44.6 Å². The van der Waals surface area contributed by atoms with Gasteiger partial charge in [-0.2, -0.15) is 0 Å². The van der Waals surface area contributed by atoms with Crippen molar-refractivity contribution < 1.29 is 0 Å². The van der Waals surface area contributed by atoms with Crippen LogP contribution < -0.4 is 5.32 Å². The van der Waals surface area contributed by atoms with E-state index in [4.69, 9.17) is 0 Å². The normalized spacial score (nSPS) is 14.1. The third-order valence-corrected chi connectivity index (χ3v) is 4.05. The van der Waals surface area contributed by atoms with Crippen LogP contribution in [0.15, 0.2) is 11.4 Å². The second-order valence-electron chi connectivity index (χ2n) is 5.52. The second kappa shape index (κ2) is 5.83. The SMILES string of the molecule is CCNC(CCc1ccsc1C)C(C)(C)C. The quantitative estimate of drug-likeness (QED) is 0.818. The fourth-order valence-corrected chi connectivity index (χ4v) is 2.82. The lowest BCUT2D eigenvalue weighted by Crippen LogP contribution is -2.40. The third kappa shape index (κ3) is 3.91. The van der Waals surface area contributed by atoms with E-state index in [-0.39, 0.29) is 0 Å². The van der Waals surface area contributed by atoms with Gasteiger partial charge in [0.05, 0.1) is 0 Å². The summed E-state index contributed by atoms with van der Waals surface area (Å²) in [5.74, 6) is 0. The van der Waals surface area contributed by atoms with Crippen LogP contribution in [0.25, 0.3) is 0 Å². The van der Waals surface area contributed by atoms with Gasteiger partial charge in [-0.25, -0.2) is 0 Å². The maximum absolute atomic E-state index is 3.61. The number of hydrogen-bond acceptors (Lipinski definition) is 2. The lowest BCUT2D eigenvalue weighted by molar-refractivity contribution is 0.258. The summed E-state index contributed by atoms with van der Waals surface area (Å²) in [5.41, 5.74) is 1.87. The van der Waals surface area contributed by atoms with Crippen LogP contribution in [-0.4, -0.2) is 12.6 Å². The van der Waals surface area contributed by atoms with Crippen LogP contribution in [0.3, 0.4) is 0 Å². The summed E-state index contributed by atoms with van der Waals surface area (Å²) < 4.78 is 0. The van der Waals surface area contributed by atoms with Crippen molar-refractivity contribution in [2.45, 2.75) is 53.5 Å². The van der Waals surface area contributed by atoms with E-state index in [1.165, 1.54) is 23.3 Å². The average molecular weight is 239 g/mol. The number of hydrogen-bond donors (Lipinski definition) is 1. The third-order valence-electron chi connectivity index (χ3n) is 3.16. The van der Waals surface area contributed by atoms with Gasteiger partial charge < -0.3 is 5.32 Å². The van der Waals surface area contributed by atoms with Crippen LogP contribution >= 0.6 is 11.3 Å². The predicted molar refractivity (Wildman–Crippen MR) is 74.3 cm³/mol. The summed E-state index contributed by atoms with van der Waals surface area (Å²) in [6.45, 7) is 12.4. The van der Waals surface area contributed by atoms with E-state index < -0.39 is 0 Å². The molecule has 0 aliphatic rings. The molecule has 1 aromatic rings. The number of rotatable bonds is 5. The zero-order valence-electron chi connectivity index (χ0n) is 11.3.